The van der Waals surface area contributed by atoms with Crippen molar-refractivity contribution in [3.63, 3.8) is 0 Å². The Hall–Kier alpha value is -2.53. The van der Waals surface area contributed by atoms with E-state index in [0.717, 1.165) is 10.9 Å². The molecule has 2 rings (SSSR count). The van der Waals surface area contributed by atoms with Crippen LogP contribution in [0.25, 0.3) is 21.3 Å². The zero-order chi connectivity index (χ0) is 13.7. The summed E-state index contributed by atoms with van der Waals surface area (Å²) in [4.78, 5) is 14.7. The van der Waals surface area contributed by atoms with Crippen LogP contribution in [0.3, 0.4) is 0 Å². The van der Waals surface area contributed by atoms with Crippen molar-refractivity contribution in [3.8, 4) is 0 Å². The molecule has 0 aliphatic rings. The van der Waals surface area contributed by atoms with Crippen molar-refractivity contribution in [2.75, 3.05) is 13.1 Å². The molecule has 19 heavy (non-hydrogen) atoms. The number of hydrogen-bond donors (Lipinski definition) is 1. The minimum atomic E-state index is -0.210. The van der Waals surface area contributed by atoms with Gasteiger partial charge in [-0.25, -0.2) is 0 Å². The predicted molar refractivity (Wildman–Crippen MR) is 71.7 cm³/mol. The third-order valence-electron chi connectivity index (χ3n) is 2.76. The van der Waals surface area contributed by atoms with Crippen LogP contribution in [0.4, 0.5) is 0 Å². The fourth-order valence-corrected chi connectivity index (χ4v) is 1.86. The topological polar surface area (TPSA) is 95.7 Å². The van der Waals surface area contributed by atoms with Crippen molar-refractivity contribution in [2.45, 2.75) is 6.42 Å². The molecule has 2 aromatic rings. The minimum absolute atomic E-state index is 0.210. The summed E-state index contributed by atoms with van der Waals surface area (Å²) in [6.45, 7) is 0.836. The Morgan fingerprint density at radius 1 is 1.53 bits per heavy atom. The highest BCUT2D eigenvalue weighted by Crippen LogP contribution is 2.16. The first kappa shape index (κ1) is 12.9. The number of amides is 1. The van der Waals surface area contributed by atoms with E-state index in [9.17, 15) is 4.79 Å². The van der Waals surface area contributed by atoms with Crippen LogP contribution >= 0.6 is 0 Å². The van der Waals surface area contributed by atoms with E-state index < -0.39 is 0 Å². The number of carbonyl (C=O) groups excluding carboxylic acids is 1. The van der Waals surface area contributed by atoms with Gasteiger partial charge in [0, 0.05) is 30.4 Å². The van der Waals surface area contributed by atoms with Gasteiger partial charge in [-0.05, 0) is 18.0 Å². The molecule has 0 saturated carbocycles. The predicted octanol–water partition coefficient (Wildman–Crippen LogP) is 2.00. The van der Waals surface area contributed by atoms with Crippen molar-refractivity contribution in [3.05, 3.63) is 40.4 Å². The monoisotopic (exact) mass is 258 g/mol. The average Bonchev–Trinajstić information content (AvgIpc) is 2.76. The summed E-state index contributed by atoms with van der Waals surface area (Å²) in [6.07, 6.45) is 0.612. The molecule has 0 radical (unpaired) electrons. The molecule has 0 spiro atoms. The van der Waals surface area contributed by atoms with E-state index in [2.05, 4.69) is 20.4 Å². The molecule has 1 aromatic carbocycles. The molecule has 98 valence electrons. The Kier molecular flexibility index (Phi) is 4.00. The number of nitrogens with one attached hydrogen (secondary N) is 1. The molecule has 7 nitrogen and oxygen atoms in total. The summed E-state index contributed by atoms with van der Waals surface area (Å²) in [5.41, 5.74) is 9.47. The van der Waals surface area contributed by atoms with Gasteiger partial charge in [0.15, 0.2) is 5.69 Å². The summed E-state index contributed by atoms with van der Waals surface area (Å²) in [5, 5.41) is 11.2. The van der Waals surface area contributed by atoms with Gasteiger partial charge < -0.3 is 5.32 Å². The normalized spacial score (nSPS) is 10.2. The summed E-state index contributed by atoms with van der Waals surface area (Å²) < 4.78 is 1.68. The van der Waals surface area contributed by atoms with Crippen molar-refractivity contribution in [2.24, 2.45) is 12.2 Å². The zero-order valence-electron chi connectivity index (χ0n) is 10.6. The number of aromatic nitrogens is 2. The SMILES string of the molecule is Cn1nc(C(=O)NCCCN=[N+]=[N-])c2ccccc21. The second kappa shape index (κ2) is 5.88. The second-order valence-corrected chi connectivity index (χ2v) is 4.05. The molecule has 0 saturated heterocycles. The van der Waals surface area contributed by atoms with Crippen LogP contribution < -0.4 is 5.32 Å². The van der Waals surface area contributed by atoms with Gasteiger partial charge in [0.05, 0.1) is 5.52 Å². The van der Waals surface area contributed by atoms with Gasteiger partial charge in [-0.3, -0.25) is 9.48 Å². The first-order valence-corrected chi connectivity index (χ1v) is 5.95. The number of hydrogen-bond acceptors (Lipinski definition) is 3. The smallest absolute Gasteiger partial charge is 0.272 e. The van der Waals surface area contributed by atoms with E-state index in [-0.39, 0.29) is 5.91 Å². The Bertz CT molecular complexity index is 641. The highest BCUT2D eigenvalue weighted by atomic mass is 16.1. The Balaban J connectivity index is 2.07. The van der Waals surface area contributed by atoms with Crippen LogP contribution in [-0.4, -0.2) is 28.8 Å². The summed E-state index contributed by atoms with van der Waals surface area (Å²) in [6, 6.07) is 7.58. The number of azide groups is 1. The quantitative estimate of drug-likeness (QED) is 0.384. The lowest BCUT2D eigenvalue weighted by atomic mass is 10.2. The molecular weight excluding hydrogens is 244 g/mol. The van der Waals surface area contributed by atoms with E-state index in [1.54, 1.807) is 11.7 Å². The van der Waals surface area contributed by atoms with E-state index in [4.69, 9.17) is 5.53 Å². The van der Waals surface area contributed by atoms with Gasteiger partial charge >= 0.3 is 0 Å². The molecule has 0 atom stereocenters. The lowest BCUT2D eigenvalue weighted by Gasteiger charge is -2.01. The number of aryl methyl sites for hydroxylation is 1. The number of para-hydroxylation sites is 1. The summed E-state index contributed by atoms with van der Waals surface area (Å²) in [5.74, 6) is -0.210. The number of carbonyl (C=O) groups is 1. The fraction of sp³-hybridized carbons (Fsp3) is 0.333. The molecule has 0 aliphatic heterocycles. The summed E-state index contributed by atoms with van der Waals surface area (Å²) in [7, 11) is 1.81. The molecule has 0 fully saturated rings. The van der Waals surface area contributed by atoms with Crippen LogP contribution in [-0.2, 0) is 7.05 Å². The van der Waals surface area contributed by atoms with E-state index in [1.165, 1.54) is 0 Å². The first-order valence-electron chi connectivity index (χ1n) is 5.95. The van der Waals surface area contributed by atoms with Crippen molar-refractivity contribution in [1.82, 2.24) is 15.1 Å². The molecule has 0 aliphatic carbocycles. The molecular formula is C12H14N6O. The van der Waals surface area contributed by atoms with Gasteiger partial charge in [-0.2, -0.15) is 5.10 Å². The zero-order valence-corrected chi connectivity index (χ0v) is 10.6. The maximum Gasteiger partial charge on any atom is 0.272 e. The number of benzene rings is 1. The maximum absolute atomic E-state index is 12.0. The number of rotatable bonds is 5. The Morgan fingerprint density at radius 3 is 3.11 bits per heavy atom. The second-order valence-electron chi connectivity index (χ2n) is 4.05. The van der Waals surface area contributed by atoms with Crippen molar-refractivity contribution < 1.29 is 4.79 Å². The van der Waals surface area contributed by atoms with Gasteiger partial charge in [0.25, 0.3) is 5.91 Å². The van der Waals surface area contributed by atoms with E-state index in [1.807, 2.05) is 24.3 Å². The first-order chi connectivity index (χ1) is 9.24. The Labute approximate surface area is 109 Å². The van der Waals surface area contributed by atoms with E-state index >= 15 is 0 Å². The average molecular weight is 258 g/mol. The van der Waals surface area contributed by atoms with Crippen LogP contribution in [0.5, 0.6) is 0 Å². The van der Waals surface area contributed by atoms with Gasteiger partial charge in [-0.1, -0.05) is 23.3 Å². The Morgan fingerprint density at radius 2 is 2.32 bits per heavy atom. The molecule has 1 N–H and O–H groups in total. The highest BCUT2D eigenvalue weighted by Gasteiger charge is 2.14. The molecule has 0 bridgehead atoms. The van der Waals surface area contributed by atoms with Crippen molar-refractivity contribution >= 4 is 16.8 Å². The van der Waals surface area contributed by atoms with Crippen LogP contribution in [0, 0.1) is 0 Å². The van der Waals surface area contributed by atoms with Crippen LogP contribution in [0.1, 0.15) is 16.9 Å². The maximum atomic E-state index is 12.0. The lowest BCUT2D eigenvalue weighted by molar-refractivity contribution is 0.0949. The molecule has 1 heterocycles. The number of nitrogens with zero attached hydrogens (tertiary/aromatic N) is 5. The van der Waals surface area contributed by atoms with E-state index in [0.29, 0.717) is 25.2 Å². The van der Waals surface area contributed by atoms with Gasteiger partial charge in [0.1, 0.15) is 0 Å². The minimum Gasteiger partial charge on any atom is -0.351 e. The third-order valence-corrected chi connectivity index (χ3v) is 2.76. The largest absolute Gasteiger partial charge is 0.351 e. The van der Waals surface area contributed by atoms with Gasteiger partial charge in [-0.15, -0.1) is 0 Å². The molecule has 1 amide bonds. The molecule has 0 unspecified atom stereocenters. The molecule has 7 heteroatoms. The van der Waals surface area contributed by atoms with Crippen LogP contribution in [0.15, 0.2) is 29.4 Å². The lowest BCUT2D eigenvalue weighted by Crippen LogP contribution is -2.25. The fourth-order valence-electron chi connectivity index (χ4n) is 1.86. The summed E-state index contributed by atoms with van der Waals surface area (Å²) >= 11 is 0. The standard InChI is InChI=1S/C12H14N6O/c1-18-10-6-3-2-5-9(10)11(16-18)12(19)14-7-4-8-15-17-13/h2-3,5-6H,4,7-8H2,1H3,(H,14,19). The van der Waals surface area contributed by atoms with Crippen molar-refractivity contribution in [1.29, 1.82) is 0 Å². The van der Waals surface area contributed by atoms with Crippen LogP contribution in [0.2, 0.25) is 0 Å². The third kappa shape index (κ3) is 2.83. The number of fused-ring (bicyclic) bond motifs is 1. The highest BCUT2D eigenvalue weighted by molar-refractivity contribution is 6.04. The molecule has 1 aromatic heterocycles. The van der Waals surface area contributed by atoms with Gasteiger partial charge in [0.2, 0.25) is 0 Å².